The van der Waals surface area contributed by atoms with Gasteiger partial charge in [-0.25, -0.2) is 22.2 Å². The molecule has 3 aromatic heterocycles. The van der Waals surface area contributed by atoms with E-state index in [1.165, 1.54) is 30.7 Å². The fourth-order valence-electron chi connectivity index (χ4n) is 2.55. The molecule has 10 heteroatoms. The second kappa shape index (κ2) is 7.29. The Morgan fingerprint density at radius 3 is 2.69 bits per heavy atom. The number of hydrogen-bond donors (Lipinski definition) is 2. The first-order valence-electron chi connectivity index (χ1n) is 8.16. The third kappa shape index (κ3) is 3.63. The number of fused-ring (bicyclic) bond motifs is 1. The Hall–Kier alpha value is -3.84. The molecule has 0 fully saturated rings. The van der Waals surface area contributed by atoms with Crippen LogP contribution in [0.1, 0.15) is 11.1 Å². The minimum absolute atomic E-state index is 0.157. The van der Waals surface area contributed by atoms with Gasteiger partial charge in [0.25, 0.3) is 10.0 Å². The van der Waals surface area contributed by atoms with Gasteiger partial charge >= 0.3 is 0 Å². The first-order valence-corrected chi connectivity index (χ1v) is 9.65. The van der Waals surface area contributed by atoms with E-state index in [2.05, 4.69) is 36.7 Å². The second-order valence-electron chi connectivity index (χ2n) is 5.82. The van der Waals surface area contributed by atoms with Crippen LogP contribution in [0.15, 0.2) is 60.0 Å². The molecule has 2 N–H and O–H groups in total. The fraction of sp³-hybridized carbons (Fsp3) is 0. The van der Waals surface area contributed by atoms with Crippen molar-refractivity contribution in [2.45, 2.75) is 4.90 Å². The van der Waals surface area contributed by atoms with Crippen LogP contribution >= 0.6 is 0 Å². The van der Waals surface area contributed by atoms with E-state index in [0.29, 0.717) is 16.6 Å². The number of aromatic amines is 1. The van der Waals surface area contributed by atoms with Crippen LogP contribution in [0.25, 0.3) is 11.0 Å². The molecule has 0 spiro atoms. The Bertz CT molecular complexity index is 1380. The molecule has 0 unspecified atom stereocenters. The van der Waals surface area contributed by atoms with Crippen LogP contribution < -0.4 is 4.72 Å². The first-order chi connectivity index (χ1) is 14.0. The number of hydrogen-bond acceptors (Lipinski definition) is 5. The Labute approximate surface area is 163 Å². The average Bonchev–Trinajstić information content (AvgIpc) is 3.20. The zero-order valence-corrected chi connectivity index (χ0v) is 15.3. The molecule has 4 rings (SSSR count). The molecule has 4 aromatic rings. The number of pyridine rings is 2. The molecule has 0 aliphatic carbocycles. The normalized spacial score (nSPS) is 11.1. The number of H-pyrrole nitrogens is 1. The highest BCUT2D eigenvalue weighted by atomic mass is 32.2. The van der Waals surface area contributed by atoms with Crippen molar-refractivity contribution in [3.63, 3.8) is 0 Å². The van der Waals surface area contributed by atoms with E-state index >= 15 is 0 Å². The molecular formula is C19H11F2N5O2S. The van der Waals surface area contributed by atoms with Crippen LogP contribution in [0.2, 0.25) is 0 Å². The molecule has 0 bridgehead atoms. The van der Waals surface area contributed by atoms with E-state index in [4.69, 9.17) is 0 Å². The third-order valence-corrected chi connectivity index (χ3v) is 5.31. The number of aromatic nitrogens is 4. The van der Waals surface area contributed by atoms with Gasteiger partial charge in [-0.1, -0.05) is 11.8 Å². The molecular weight excluding hydrogens is 400 g/mol. The number of halogens is 2. The summed E-state index contributed by atoms with van der Waals surface area (Å²) in [6, 6.07) is 6.24. The van der Waals surface area contributed by atoms with Gasteiger partial charge in [0.2, 0.25) is 0 Å². The summed E-state index contributed by atoms with van der Waals surface area (Å²) >= 11 is 0. The highest BCUT2D eigenvalue weighted by Gasteiger charge is 2.19. The fourth-order valence-corrected chi connectivity index (χ4v) is 3.57. The summed E-state index contributed by atoms with van der Waals surface area (Å²) in [4.78, 5) is 7.62. The topological polar surface area (TPSA) is 101 Å². The summed E-state index contributed by atoms with van der Waals surface area (Å²) in [6.45, 7) is 0. The standard InChI is InChI=1S/C19H11F2N5O2S/c20-16-5-6-17(26-29(27,28)13-2-1-8-22-10-13)18(21)14(16)4-3-12-7-9-23-19-15(12)11-24-25-19/h1-2,5-11,26H,(H,23,24,25). The van der Waals surface area contributed by atoms with Crippen LogP contribution in [-0.4, -0.2) is 28.6 Å². The van der Waals surface area contributed by atoms with Gasteiger partial charge < -0.3 is 0 Å². The van der Waals surface area contributed by atoms with Crippen LogP contribution in [0.4, 0.5) is 14.5 Å². The zero-order chi connectivity index (χ0) is 20.4. The number of sulfonamides is 1. The van der Waals surface area contributed by atoms with E-state index in [1.807, 2.05) is 0 Å². The first kappa shape index (κ1) is 18.5. The predicted molar refractivity (Wildman–Crippen MR) is 101 cm³/mol. The third-order valence-electron chi connectivity index (χ3n) is 3.96. The molecule has 7 nitrogen and oxygen atoms in total. The molecule has 1 aromatic carbocycles. The van der Waals surface area contributed by atoms with Crippen molar-refractivity contribution in [1.82, 2.24) is 20.2 Å². The summed E-state index contributed by atoms with van der Waals surface area (Å²) in [5, 5.41) is 7.11. The number of anilines is 1. The highest BCUT2D eigenvalue weighted by Crippen LogP contribution is 2.23. The predicted octanol–water partition coefficient (Wildman–Crippen LogP) is 2.83. The van der Waals surface area contributed by atoms with Crippen molar-refractivity contribution in [2.24, 2.45) is 0 Å². The van der Waals surface area contributed by atoms with Gasteiger partial charge in [0.05, 0.1) is 22.8 Å². The maximum Gasteiger partial charge on any atom is 0.263 e. The van der Waals surface area contributed by atoms with Gasteiger partial charge in [0, 0.05) is 24.2 Å². The Morgan fingerprint density at radius 1 is 1.03 bits per heavy atom. The van der Waals surface area contributed by atoms with Gasteiger partial charge in [-0.2, -0.15) is 5.10 Å². The summed E-state index contributed by atoms with van der Waals surface area (Å²) < 4.78 is 55.9. The van der Waals surface area contributed by atoms with Gasteiger partial charge in [-0.15, -0.1) is 0 Å². The Balaban J connectivity index is 1.73. The number of nitrogens with zero attached hydrogens (tertiary/aromatic N) is 3. The van der Waals surface area contributed by atoms with E-state index in [1.54, 1.807) is 6.07 Å². The summed E-state index contributed by atoms with van der Waals surface area (Å²) in [6.07, 6.45) is 5.50. The number of nitrogens with one attached hydrogen (secondary N) is 2. The maximum absolute atomic E-state index is 14.8. The molecule has 0 radical (unpaired) electrons. The molecule has 0 aliphatic heterocycles. The van der Waals surface area contributed by atoms with Crippen molar-refractivity contribution in [3.8, 4) is 11.8 Å². The van der Waals surface area contributed by atoms with Crippen molar-refractivity contribution < 1.29 is 17.2 Å². The lowest BCUT2D eigenvalue weighted by molar-refractivity contribution is 0.578. The molecule has 0 saturated heterocycles. The van der Waals surface area contributed by atoms with Gasteiger partial charge in [0.15, 0.2) is 11.5 Å². The molecule has 3 heterocycles. The van der Waals surface area contributed by atoms with E-state index in [0.717, 1.165) is 18.3 Å². The largest absolute Gasteiger partial charge is 0.277 e. The van der Waals surface area contributed by atoms with Crippen molar-refractivity contribution in [3.05, 3.63) is 77.9 Å². The lowest BCUT2D eigenvalue weighted by Crippen LogP contribution is -2.14. The second-order valence-corrected chi connectivity index (χ2v) is 7.50. The molecule has 0 amide bonds. The molecule has 144 valence electrons. The van der Waals surface area contributed by atoms with Gasteiger partial charge in [0.1, 0.15) is 10.7 Å². The minimum Gasteiger partial charge on any atom is -0.277 e. The molecule has 29 heavy (non-hydrogen) atoms. The lowest BCUT2D eigenvalue weighted by Gasteiger charge is -2.10. The van der Waals surface area contributed by atoms with E-state index in [-0.39, 0.29) is 4.90 Å². The quantitative estimate of drug-likeness (QED) is 0.505. The van der Waals surface area contributed by atoms with Crippen LogP contribution in [0.3, 0.4) is 0 Å². The molecule has 0 aliphatic rings. The Kier molecular flexibility index (Phi) is 4.66. The smallest absolute Gasteiger partial charge is 0.263 e. The van der Waals surface area contributed by atoms with Crippen molar-refractivity contribution in [1.29, 1.82) is 0 Å². The summed E-state index contributed by atoms with van der Waals surface area (Å²) in [5.74, 6) is 3.06. The summed E-state index contributed by atoms with van der Waals surface area (Å²) in [5.41, 5.74) is -0.0489. The van der Waals surface area contributed by atoms with Gasteiger partial charge in [-0.3, -0.25) is 14.8 Å². The van der Waals surface area contributed by atoms with E-state index < -0.39 is 32.9 Å². The highest BCUT2D eigenvalue weighted by molar-refractivity contribution is 7.92. The van der Waals surface area contributed by atoms with Crippen LogP contribution in [0.5, 0.6) is 0 Å². The van der Waals surface area contributed by atoms with Crippen molar-refractivity contribution >= 4 is 26.7 Å². The Morgan fingerprint density at radius 2 is 1.90 bits per heavy atom. The molecule has 0 saturated carbocycles. The number of rotatable bonds is 3. The average molecular weight is 411 g/mol. The monoisotopic (exact) mass is 411 g/mol. The van der Waals surface area contributed by atoms with Crippen LogP contribution in [-0.2, 0) is 10.0 Å². The zero-order valence-electron chi connectivity index (χ0n) is 14.5. The van der Waals surface area contributed by atoms with Gasteiger partial charge in [-0.05, 0) is 30.3 Å². The SMILES string of the molecule is O=S(=O)(Nc1ccc(F)c(C#Cc2ccnc3[nH]ncc23)c1F)c1cccnc1. The maximum atomic E-state index is 14.8. The van der Waals surface area contributed by atoms with Crippen LogP contribution in [0, 0.1) is 23.5 Å². The molecule has 0 atom stereocenters. The number of benzene rings is 1. The van der Waals surface area contributed by atoms with E-state index in [9.17, 15) is 17.2 Å². The van der Waals surface area contributed by atoms with Crippen molar-refractivity contribution in [2.75, 3.05) is 4.72 Å². The lowest BCUT2D eigenvalue weighted by atomic mass is 10.1. The minimum atomic E-state index is -4.10. The summed E-state index contributed by atoms with van der Waals surface area (Å²) in [7, 11) is -4.10.